The minimum Gasteiger partial charge on any atom is -0.488 e. The summed E-state index contributed by atoms with van der Waals surface area (Å²) in [6, 6.07) is -17.7. The molecule has 0 spiro atoms. The first-order chi connectivity index (χ1) is 24.7. The van der Waals surface area contributed by atoms with Crippen LogP contribution in [-0.4, -0.2) is 4.57 Å². The summed E-state index contributed by atoms with van der Waals surface area (Å²) in [5.74, 6) is -7.04. The molecule has 0 aliphatic carbocycles. The maximum absolute atomic E-state index is 15.9. The fourth-order valence-corrected chi connectivity index (χ4v) is 2.53. The number of fused-ring (bicyclic) bond motifs is 1. The Morgan fingerprint density at radius 3 is 1.97 bits per heavy atom. The molecule has 0 fully saturated rings. The molecule has 0 atom stereocenters. The Kier molecular flexibility index (Phi) is 2.15. The second kappa shape index (κ2) is 9.17. The molecule has 5 rings (SSSR count). The zero-order valence-corrected chi connectivity index (χ0v) is 16.0. The number of benzene rings is 4. The van der Waals surface area contributed by atoms with E-state index in [0.717, 1.165) is 0 Å². The Balaban J connectivity index is 1.76. The van der Waals surface area contributed by atoms with Crippen molar-refractivity contribution in [1.82, 2.24) is 4.57 Å². The standard InChI is InChI=1S/C28H21F2NO2/c29-24-16-22(17-25(30)28(24)33-19-21-10-5-2-6-11-21)31-15-14-23-26(31)12-7-13-27(23)32-18-20-8-3-1-4-9-20/h1-17H,18-19H2/i1D,2D,3D,4D,5D,6D,7D,8D,9D,10D,11D,12D,13D,14D,15D,16D,17D,18D2,19D2. The van der Waals surface area contributed by atoms with Crippen molar-refractivity contribution in [3.63, 3.8) is 0 Å². The summed E-state index contributed by atoms with van der Waals surface area (Å²) in [6.07, 6.45) is -1.17. The maximum atomic E-state index is 15.9. The molecule has 164 valence electrons. The van der Waals surface area contributed by atoms with Gasteiger partial charge < -0.3 is 14.0 Å². The van der Waals surface area contributed by atoms with Crippen LogP contribution in [-0.2, 0) is 13.1 Å². The van der Waals surface area contributed by atoms with E-state index in [-0.39, 0.29) is 4.57 Å². The van der Waals surface area contributed by atoms with Gasteiger partial charge in [0.25, 0.3) is 0 Å². The minimum absolute atomic E-state index is 0.259. The molecular weight excluding hydrogens is 420 g/mol. The second-order valence-electron chi connectivity index (χ2n) is 5.96. The molecule has 0 unspecified atom stereocenters. The average molecular weight is 463 g/mol. The summed E-state index contributed by atoms with van der Waals surface area (Å²) >= 11 is 0. The van der Waals surface area contributed by atoms with E-state index in [1.807, 2.05) is 0 Å². The molecule has 0 amide bonds. The Bertz CT molecular complexity index is 2380. The monoisotopic (exact) mass is 462 g/mol. The van der Waals surface area contributed by atoms with E-state index in [2.05, 4.69) is 0 Å². The average Bonchev–Trinajstić information content (AvgIpc) is 3.35. The quantitative estimate of drug-likeness (QED) is 0.258. The number of halogens is 2. The van der Waals surface area contributed by atoms with Crippen LogP contribution in [0, 0.1) is 11.6 Å². The third kappa shape index (κ3) is 4.44. The fraction of sp³-hybridized carbons (Fsp3) is 0.0714. The number of hydrogen-bond donors (Lipinski definition) is 0. The van der Waals surface area contributed by atoms with E-state index in [1.165, 1.54) is 0 Å². The van der Waals surface area contributed by atoms with E-state index in [9.17, 15) is 0 Å². The van der Waals surface area contributed by atoms with Gasteiger partial charge in [0.15, 0.2) is 17.4 Å². The van der Waals surface area contributed by atoms with Gasteiger partial charge in [0, 0.05) is 23.6 Å². The highest BCUT2D eigenvalue weighted by Crippen LogP contribution is 2.32. The number of ether oxygens (including phenoxy) is 2. The molecular formula is C28H21F2NO2. The van der Waals surface area contributed by atoms with Crippen LogP contribution in [0.5, 0.6) is 11.5 Å². The van der Waals surface area contributed by atoms with Crippen LogP contribution < -0.4 is 9.47 Å². The minimum atomic E-state index is -3.60. The first kappa shape index (κ1) is 7.73. The number of aromatic nitrogens is 1. The van der Waals surface area contributed by atoms with E-state index in [1.54, 1.807) is 0 Å². The predicted molar refractivity (Wildman–Crippen MR) is 125 cm³/mol. The van der Waals surface area contributed by atoms with E-state index in [0.29, 0.717) is 0 Å². The lowest BCUT2D eigenvalue weighted by atomic mass is 10.2. The van der Waals surface area contributed by atoms with Crippen LogP contribution >= 0.6 is 0 Å². The molecule has 0 saturated heterocycles. The molecule has 33 heavy (non-hydrogen) atoms. The Morgan fingerprint density at radius 2 is 1.33 bits per heavy atom. The van der Waals surface area contributed by atoms with Gasteiger partial charge in [0.05, 0.1) is 40.0 Å². The molecule has 0 N–H and O–H groups in total. The van der Waals surface area contributed by atoms with Gasteiger partial charge in [-0.05, 0) is 29.3 Å². The van der Waals surface area contributed by atoms with Crippen LogP contribution in [0.25, 0.3) is 16.6 Å². The van der Waals surface area contributed by atoms with Crippen molar-refractivity contribution in [2.75, 3.05) is 0 Å². The van der Waals surface area contributed by atoms with Gasteiger partial charge in [0.2, 0.25) is 0 Å². The first-order valence-corrected chi connectivity index (χ1v) is 8.87. The van der Waals surface area contributed by atoms with Gasteiger partial charge in [-0.1, -0.05) is 66.5 Å². The Morgan fingerprint density at radius 1 is 0.727 bits per heavy atom. The molecule has 1 heterocycles. The highest BCUT2D eigenvalue weighted by atomic mass is 19.1. The lowest BCUT2D eigenvalue weighted by molar-refractivity contribution is 0.274. The van der Waals surface area contributed by atoms with Gasteiger partial charge in [-0.2, -0.15) is 0 Å². The van der Waals surface area contributed by atoms with Crippen LogP contribution in [0.15, 0.2) is 103 Å². The lowest BCUT2D eigenvalue weighted by Gasteiger charge is -2.12. The number of rotatable bonds is 7. The van der Waals surface area contributed by atoms with Gasteiger partial charge in [-0.3, -0.25) is 0 Å². The third-order valence-electron chi connectivity index (χ3n) is 3.93. The third-order valence-corrected chi connectivity index (χ3v) is 3.93. The summed E-state index contributed by atoms with van der Waals surface area (Å²) < 4.78 is 214. The summed E-state index contributed by atoms with van der Waals surface area (Å²) in [4.78, 5) is 0. The smallest absolute Gasteiger partial charge is 0.191 e. The predicted octanol–water partition coefficient (Wildman–Crippen LogP) is 7.07. The fourth-order valence-electron chi connectivity index (χ4n) is 2.53. The van der Waals surface area contributed by atoms with Crippen molar-refractivity contribution >= 4 is 10.9 Å². The zero-order valence-electron chi connectivity index (χ0n) is 37.0. The molecule has 3 nitrogen and oxygen atoms in total. The molecule has 0 bridgehead atoms. The van der Waals surface area contributed by atoms with Gasteiger partial charge in [0.1, 0.15) is 18.9 Å². The summed E-state index contributed by atoms with van der Waals surface area (Å²) in [7, 11) is 0. The van der Waals surface area contributed by atoms with Crippen LogP contribution in [0.4, 0.5) is 8.78 Å². The number of hydrogen-bond acceptors (Lipinski definition) is 2. The van der Waals surface area contributed by atoms with Crippen molar-refractivity contribution < 1.29 is 47.0 Å². The van der Waals surface area contributed by atoms with Gasteiger partial charge >= 0.3 is 0 Å². The largest absolute Gasteiger partial charge is 0.488 e. The van der Waals surface area contributed by atoms with Crippen molar-refractivity contribution in [3.05, 3.63) is 126 Å². The summed E-state index contributed by atoms with van der Waals surface area (Å²) in [6.45, 7) is -7.05. The lowest BCUT2D eigenvalue weighted by Crippen LogP contribution is -2.02. The molecule has 0 saturated carbocycles. The molecule has 4 aromatic carbocycles. The zero-order chi connectivity index (χ0) is 41.0. The van der Waals surface area contributed by atoms with E-state index >= 15 is 8.78 Å². The SMILES string of the molecule is [2H]c1c([2H])c([2H])c(C([2H])([2H])Oc2c(F)c([2H])c(-n3c([2H])c([2H])c4c(OC([2H])([2H])c5c([2H])c([2H])c([2H])c([2H])c5[2H])c([2H])c([2H])c([2H])c43)c([2H])c2F)c([2H])c1[2H]. The normalized spacial score (nSPS) is 20.8. The topological polar surface area (TPSA) is 23.4 Å². The van der Waals surface area contributed by atoms with Crippen LogP contribution in [0.1, 0.15) is 39.9 Å². The molecule has 0 aliphatic heterocycles. The van der Waals surface area contributed by atoms with Crippen molar-refractivity contribution in [3.8, 4) is 17.2 Å². The van der Waals surface area contributed by atoms with Gasteiger partial charge in [-0.25, -0.2) is 8.78 Å². The summed E-state index contributed by atoms with van der Waals surface area (Å²) in [5.41, 5.74) is -4.42. The second-order valence-corrected chi connectivity index (χ2v) is 5.96. The molecule has 5 heteroatoms. The van der Waals surface area contributed by atoms with E-state index in [4.69, 9.17) is 38.3 Å². The van der Waals surface area contributed by atoms with Crippen LogP contribution in [0.3, 0.4) is 0 Å². The maximum Gasteiger partial charge on any atom is 0.191 e. The van der Waals surface area contributed by atoms with Gasteiger partial charge in [-0.15, -0.1) is 0 Å². The first-order valence-electron chi connectivity index (χ1n) is 19.4. The Labute approximate surface area is 219 Å². The Hall–Kier alpha value is -4.12. The van der Waals surface area contributed by atoms with Crippen LogP contribution in [0.2, 0.25) is 0 Å². The number of nitrogens with zero attached hydrogens (tertiary/aromatic N) is 1. The van der Waals surface area contributed by atoms with Crippen molar-refractivity contribution in [1.29, 1.82) is 0 Å². The molecule has 0 aliphatic rings. The molecule has 0 radical (unpaired) electrons. The van der Waals surface area contributed by atoms with Crippen molar-refractivity contribution in [2.24, 2.45) is 0 Å². The summed E-state index contributed by atoms with van der Waals surface area (Å²) in [5, 5.41) is -0.861. The molecule has 1 aromatic heterocycles. The highest BCUT2D eigenvalue weighted by molar-refractivity contribution is 5.87. The highest BCUT2D eigenvalue weighted by Gasteiger charge is 2.16. The van der Waals surface area contributed by atoms with E-state index < -0.39 is 167 Å². The van der Waals surface area contributed by atoms with Crippen molar-refractivity contribution in [2.45, 2.75) is 13.1 Å². The molecule has 5 aromatic rings.